The summed E-state index contributed by atoms with van der Waals surface area (Å²) in [4.78, 5) is 15.5. The first-order valence-corrected chi connectivity index (χ1v) is 6.83. The zero-order valence-electron chi connectivity index (χ0n) is 12.9. The molecule has 2 aromatic heterocycles. The third-order valence-electron chi connectivity index (χ3n) is 3.04. The Kier molecular flexibility index (Phi) is 3.93. The van der Waals surface area contributed by atoms with Gasteiger partial charge < -0.3 is 9.72 Å². The maximum absolute atomic E-state index is 12.9. The van der Waals surface area contributed by atoms with Crippen LogP contribution in [0.5, 0.6) is 0 Å². The lowest BCUT2D eigenvalue weighted by molar-refractivity contribution is -0.137. The molecule has 0 aliphatic heterocycles. The van der Waals surface area contributed by atoms with Crippen LogP contribution in [-0.2, 0) is 17.4 Å². The van der Waals surface area contributed by atoms with Crippen molar-refractivity contribution >= 4 is 17.4 Å². The first kappa shape index (κ1) is 16.3. The molecule has 0 fully saturated rings. The van der Waals surface area contributed by atoms with Crippen LogP contribution in [0.2, 0.25) is 0 Å². The predicted molar refractivity (Wildman–Crippen MR) is 77.7 cm³/mol. The van der Waals surface area contributed by atoms with Crippen LogP contribution in [0.3, 0.4) is 0 Å². The molecule has 22 heavy (non-hydrogen) atoms. The number of nitrogens with one attached hydrogen (secondary N) is 1. The number of carbonyl (C=O) groups excluding carboxylic acids is 1. The van der Waals surface area contributed by atoms with E-state index in [1.54, 1.807) is 0 Å². The number of amides is 1. The van der Waals surface area contributed by atoms with E-state index in [-0.39, 0.29) is 11.3 Å². The minimum atomic E-state index is -4.42. The van der Waals surface area contributed by atoms with Crippen molar-refractivity contribution in [3.8, 4) is 0 Å². The molecule has 2 rings (SSSR count). The average molecular weight is 313 g/mol. The number of hydrogen-bond acceptors (Lipinski definition) is 2. The molecule has 1 N–H and O–H groups in total. The van der Waals surface area contributed by atoms with E-state index in [4.69, 9.17) is 0 Å². The van der Waals surface area contributed by atoms with Gasteiger partial charge in [0.15, 0.2) is 5.82 Å². The fourth-order valence-corrected chi connectivity index (χ4v) is 2.20. The molecule has 0 atom stereocenters. The third-order valence-corrected chi connectivity index (χ3v) is 3.04. The molecule has 2 aromatic rings. The number of nitrogens with zero attached hydrogens (tertiary/aromatic N) is 2. The van der Waals surface area contributed by atoms with Crippen molar-refractivity contribution in [2.75, 3.05) is 5.32 Å². The van der Waals surface area contributed by atoms with E-state index in [0.717, 1.165) is 12.3 Å². The zero-order chi connectivity index (χ0) is 16.7. The van der Waals surface area contributed by atoms with Crippen LogP contribution in [0.1, 0.15) is 39.0 Å². The summed E-state index contributed by atoms with van der Waals surface area (Å²) >= 11 is 0. The summed E-state index contributed by atoms with van der Waals surface area (Å²) in [6.07, 6.45) is -2.93. The molecule has 0 unspecified atom stereocenters. The highest BCUT2D eigenvalue weighted by atomic mass is 19.4. The van der Waals surface area contributed by atoms with Crippen LogP contribution < -0.4 is 5.32 Å². The lowest BCUT2D eigenvalue weighted by Crippen LogP contribution is -2.15. The van der Waals surface area contributed by atoms with Gasteiger partial charge in [-0.25, -0.2) is 4.98 Å². The summed E-state index contributed by atoms with van der Waals surface area (Å²) < 4.78 is 40.1. The van der Waals surface area contributed by atoms with Crippen LogP contribution >= 0.6 is 0 Å². The molecule has 120 valence electrons. The van der Waals surface area contributed by atoms with Gasteiger partial charge in [0.25, 0.3) is 0 Å². The van der Waals surface area contributed by atoms with Gasteiger partial charge in [0, 0.05) is 13.1 Å². The van der Waals surface area contributed by atoms with E-state index in [1.807, 2.05) is 20.8 Å². The predicted octanol–water partition coefficient (Wildman–Crippen LogP) is 3.90. The summed E-state index contributed by atoms with van der Waals surface area (Å²) in [5.74, 6) is -0.00337. The number of carbonyl (C=O) groups is 1. The largest absolute Gasteiger partial charge is 0.417 e. The SMILES string of the molecule is CC(=O)Nc1nc2ccc(C(F)(F)F)cn2c1CC(C)(C)C. The first-order chi connectivity index (χ1) is 9.97. The molecule has 0 radical (unpaired) electrons. The van der Waals surface area contributed by atoms with Crippen molar-refractivity contribution < 1.29 is 18.0 Å². The number of hydrogen-bond donors (Lipinski definition) is 1. The molecule has 4 nitrogen and oxygen atoms in total. The second kappa shape index (κ2) is 5.30. The van der Waals surface area contributed by atoms with Crippen LogP contribution in [0.15, 0.2) is 18.3 Å². The molecule has 2 heterocycles. The Morgan fingerprint density at radius 2 is 1.91 bits per heavy atom. The van der Waals surface area contributed by atoms with Gasteiger partial charge in [0.1, 0.15) is 5.65 Å². The molecule has 0 aromatic carbocycles. The van der Waals surface area contributed by atoms with Crippen LogP contribution in [-0.4, -0.2) is 15.3 Å². The molecule has 0 spiro atoms. The fourth-order valence-electron chi connectivity index (χ4n) is 2.20. The van der Waals surface area contributed by atoms with Crippen molar-refractivity contribution in [2.24, 2.45) is 5.41 Å². The van der Waals surface area contributed by atoms with Gasteiger partial charge in [-0.1, -0.05) is 20.8 Å². The Morgan fingerprint density at radius 3 is 2.41 bits per heavy atom. The second-order valence-electron chi connectivity index (χ2n) is 6.47. The van der Waals surface area contributed by atoms with Gasteiger partial charge >= 0.3 is 6.18 Å². The molecule has 0 aliphatic rings. The standard InChI is InChI=1S/C15H18F3N3O/c1-9(22)19-13-11(7-14(2,3)4)21-8-10(15(16,17)18)5-6-12(21)20-13/h5-6,8H,7H2,1-4H3,(H,19,22). The maximum Gasteiger partial charge on any atom is 0.417 e. The highest BCUT2D eigenvalue weighted by Crippen LogP contribution is 2.32. The molecule has 0 bridgehead atoms. The fraction of sp³-hybridized carbons (Fsp3) is 0.467. The van der Waals surface area contributed by atoms with Gasteiger partial charge in [-0.05, 0) is 24.0 Å². The number of anilines is 1. The van der Waals surface area contributed by atoms with Gasteiger partial charge in [0.05, 0.1) is 11.3 Å². The summed E-state index contributed by atoms with van der Waals surface area (Å²) in [5.41, 5.74) is 0.0129. The van der Waals surface area contributed by atoms with Crippen molar-refractivity contribution in [3.63, 3.8) is 0 Å². The lowest BCUT2D eigenvalue weighted by Gasteiger charge is -2.19. The highest BCUT2D eigenvalue weighted by molar-refractivity contribution is 5.88. The van der Waals surface area contributed by atoms with E-state index in [0.29, 0.717) is 23.6 Å². The normalized spacial score (nSPS) is 12.7. The third kappa shape index (κ3) is 3.58. The van der Waals surface area contributed by atoms with Crippen molar-refractivity contribution in [3.05, 3.63) is 29.6 Å². The van der Waals surface area contributed by atoms with E-state index in [1.165, 1.54) is 17.4 Å². The summed E-state index contributed by atoms with van der Waals surface area (Å²) in [6.45, 7) is 7.25. The van der Waals surface area contributed by atoms with E-state index >= 15 is 0 Å². The van der Waals surface area contributed by atoms with Gasteiger partial charge in [-0.2, -0.15) is 13.2 Å². The number of fused-ring (bicyclic) bond motifs is 1. The number of halogens is 3. The van der Waals surface area contributed by atoms with E-state index < -0.39 is 11.7 Å². The smallest absolute Gasteiger partial charge is 0.309 e. The monoisotopic (exact) mass is 313 g/mol. The Hall–Kier alpha value is -2.05. The van der Waals surface area contributed by atoms with Crippen LogP contribution in [0.25, 0.3) is 5.65 Å². The molecule has 7 heteroatoms. The first-order valence-electron chi connectivity index (χ1n) is 6.83. The summed E-state index contributed by atoms with van der Waals surface area (Å²) in [7, 11) is 0. The number of pyridine rings is 1. The van der Waals surface area contributed by atoms with E-state index in [2.05, 4.69) is 10.3 Å². The summed E-state index contributed by atoms with van der Waals surface area (Å²) in [6, 6.07) is 2.29. The molecule has 1 amide bonds. The second-order valence-corrected chi connectivity index (χ2v) is 6.47. The van der Waals surface area contributed by atoms with Crippen LogP contribution in [0, 0.1) is 5.41 Å². The summed E-state index contributed by atoms with van der Waals surface area (Å²) in [5, 5.41) is 2.59. The molecule has 0 saturated carbocycles. The highest BCUT2D eigenvalue weighted by Gasteiger charge is 2.31. The Bertz CT molecular complexity index is 711. The van der Waals surface area contributed by atoms with Gasteiger partial charge in [-0.3, -0.25) is 4.79 Å². The molecule has 0 saturated heterocycles. The van der Waals surface area contributed by atoms with Gasteiger partial charge in [-0.15, -0.1) is 0 Å². The van der Waals surface area contributed by atoms with Gasteiger partial charge in [0.2, 0.25) is 5.91 Å². The van der Waals surface area contributed by atoms with E-state index in [9.17, 15) is 18.0 Å². The number of rotatable bonds is 2. The maximum atomic E-state index is 12.9. The van der Waals surface area contributed by atoms with Crippen LogP contribution in [0.4, 0.5) is 19.0 Å². The number of imidazole rings is 1. The molecular weight excluding hydrogens is 295 g/mol. The Morgan fingerprint density at radius 1 is 1.27 bits per heavy atom. The minimum Gasteiger partial charge on any atom is -0.309 e. The number of aromatic nitrogens is 2. The number of alkyl halides is 3. The quantitative estimate of drug-likeness (QED) is 0.914. The minimum absolute atomic E-state index is 0.169. The molecular formula is C15H18F3N3O. The lowest BCUT2D eigenvalue weighted by atomic mass is 9.90. The Labute approximate surface area is 126 Å². The average Bonchev–Trinajstić information content (AvgIpc) is 2.63. The zero-order valence-corrected chi connectivity index (χ0v) is 12.9. The Balaban J connectivity index is 2.64. The molecule has 0 aliphatic carbocycles. The van der Waals surface area contributed by atoms with Crippen molar-refractivity contribution in [1.82, 2.24) is 9.38 Å². The van der Waals surface area contributed by atoms with Crippen molar-refractivity contribution in [1.29, 1.82) is 0 Å². The van der Waals surface area contributed by atoms with Crippen molar-refractivity contribution in [2.45, 2.75) is 40.3 Å². The topological polar surface area (TPSA) is 46.4 Å².